The lowest BCUT2D eigenvalue weighted by Gasteiger charge is -2.14. The first-order chi connectivity index (χ1) is 14.0. The minimum atomic E-state index is -0.333. The van der Waals surface area contributed by atoms with E-state index < -0.39 is 0 Å². The van der Waals surface area contributed by atoms with Crippen LogP contribution in [0.3, 0.4) is 0 Å². The lowest BCUT2D eigenvalue weighted by molar-refractivity contribution is -0.122. The van der Waals surface area contributed by atoms with Crippen molar-refractivity contribution in [3.63, 3.8) is 0 Å². The van der Waals surface area contributed by atoms with E-state index in [1.165, 1.54) is 7.11 Å². The zero-order chi connectivity index (χ0) is 21.0. The van der Waals surface area contributed by atoms with Crippen LogP contribution in [-0.4, -0.2) is 26.0 Å². The fourth-order valence-electron chi connectivity index (χ4n) is 3.52. The summed E-state index contributed by atoms with van der Waals surface area (Å²) >= 11 is 0. The zero-order valence-corrected chi connectivity index (χ0v) is 17.4. The second kappa shape index (κ2) is 8.99. The molecule has 2 aromatic rings. The smallest absolute Gasteiger partial charge is 0.228 e. The highest BCUT2D eigenvalue weighted by Crippen LogP contribution is 2.41. The molecule has 0 aliphatic heterocycles. The van der Waals surface area contributed by atoms with Crippen LogP contribution in [0.15, 0.2) is 36.4 Å². The second-order valence-electron chi connectivity index (χ2n) is 7.15. The highest BCUT2D eigenvalue weighted by atomic mass is 16.5. The lowest BCUT2D eigenvalue weighted by Crippen LogP contribution is -2.21. The van der Waals surface area contributed by atoms with Crippen LogP contribution in [0.4, 0.5) is 11.4 Å². The Labute approximate surface area is 171 Å². The van der Waals surface area contributed by atoms with Gasteiger partial charge in [-0.25, -0.2) is 0 Å². The van der Waals surface area contributed by atoms with Crippen LogP contribution in [0.1, 0.15) is 31.4 Å². The highest BCUT2D eigenvalue weighted by Gasteiger charge is 2.48. The fourth-order valence-corrected chi connectivity index (χ4v) is 3.52. The maximum Gasteiger partial charge on any atom is 0.228 e. The highest BCUT2D eigenvalue weighted by molar-refractivity contribution is 6.04. The second-order valence-corrected chi connectivity index (χ2v) is 7.15. The van der Waals surface area contributed by atoms with Gasteiger partial charge in [0.05, 0.1) is 31.7 Å². The number of benzene rings is 2. The van der Waals surface area contributed by atoms with Crippen LogP contribution < -0.4 is 20.1 Å². The van der Waals surface area contributed by atoms with Gasteiger partial charge in [0, 0.05) is 11.8 Å². The summed E-state index contributed by atoms with van der Waals surface area (Å²) in [6, 6.07) is 11.3. The SMILES string of the molecule is CCc1cccc(CC)c1NC(=O)C1CC1C(=O)Nc1ccc(OC)cc1OC. The predicted molar refractivity (Wildman–Crippen MR) is 114 cm³/mol. The first-order valence-electron chi connectivity index (χ1n) is 9.96. The van der Waals surface area contributed by atoms with Gasteiger partial charge in [0.2, 0.25) is 11.8 Å². The van der Waals surface area contributed by atoms with Gasteiger partial charge in [-0.15, -0.1) is 0 Å². The topological polar surface area (TPSA) is 76.7 Å². The van der Waals surface area contributed by atoms with Gasteiger partial charge < -0.3 is 20.1 Å². The van der Waals surface area contributed by atoms with Gasteiger partial charge in [-0.05, 0) is 42.5 Å². The number of carbonyl (C=O) groups is 2. The van der Waals surface area contributed by atoms with Crippen molar-refractivity contribution in [1.29, 1.82) is 0 Å². The van der Waals surface area contributed by atoms with Crippen LogP contribution in [0.5, 0.6) is 11.5 Å². The van der Waals surface area contributed by atoms with Gasteiger partial charge in [0.25, 0.3) is 0 Å². The average molecular weight is 396 g/mol. The molecule has 0 spiro atoms. The van der Waals surface area contributed by atoms with Gasteiger partial charge in [0.15, 0.2) is 0 Å². The van der Waals surface area contributed by atoms with E-state index in [9.17, 15) is 9.59 Å². The van der Waals surface area contributed by atoms with Crippen molar-refractivity contribution in [2.75, 3.05) is 24.9 Å². The maximum absolute atomic E-state index is 12.8. The molecule has 2 unspecified atom stereocenters. The monoisotopic (exact) mass is 396 g/mol. The van der Waals surface area contributed by atoms with Gasteiger partial charge in [-0.1, -0.05) is 32.0 Å². The molecule has 154 valence electrons. The third-order valence-corrected chi connectivity index (χ3v) is 5.38. The minimum Gasteiger partial charge on any atom is -0.497 e. The zero-order valence-electron chi connectivity index (χ0n) is 17.4. The Kier molecular flexibility index (Phi) is 6.42. The lowest BCUT2D eigenvalue weighted by atomic mass is 10.0. The molecule has 6 nitrogen and oxygen atoms in total. The fraction of sp³-hybridized carbons (Fsp3) is 0.391. The van der Waals surface area contributed by atoms with Crippen molar-refractivity contribution in [3.8, 4) is 11.5 Å². The number of anilines is 2. The number of aryl methyl sites for hydroxylation is 2. The average Bonchev–Trinajstić information content (AvgIpc) is 3.55. The summed E-state index contributed by atoms with van der Waals surface area (Å²) in [6.07, 6.45) is 2.23. The summed E-state index contributed by atoms with van der Waals surface area (Å²) in [6.45, 7) is 4.14. The Balaban J connectivity index is 1.65. The molecule has 1 fully saturated rings. The molecule has 0 aromatic heterocycles. The third kappa shape index (κ3) is 4.53. The quantitative estimate of drug-likeness (QED) is 0.706. The van der Waals surface area contributed by atoms with Gasteiger partial charge in [-0.3, -0.25) is 9.59 Å². The van der Waals surface area contributed by atoms with Crippen molar-refractivity contribution >= 4 is 23.2 Å². The number of methoxy groups -OCH3 is 2. The number of amides is 2. The Morgan fingerprint density at radius 3 is 2.10 bits per heavy atom. The summed E-state index contributed by atoms with van der Waals surface area (Å²) in [5.41, 5.74) is 3.68. The molecule has 2 atom stereocenters. The molecule has 1 saturated carbocycles. The Morgan fingerprint density at radius 2 is 1.55 bits per heavy atom. The normalized spacial score (nSPS) is 17.4. The predicted octanol–water partition coefficient (Wildman–Crippen LogP) is 4.04. The van der Waals surface area contributed by atoms with E-state index >= 15 is 0 Å². The van der Waals surface area contributed by atoms with Crippen molar-refractivity contribution in [1.82, 2.24) is 0 Å². The van der Waals surface area contributed by atoms with E-state index in [1.807, 2.05) is 18.2 Å². The van der Waals surface area contributed by atoms with Gasteiger partial charge in [0.1, 0.15) is 11.5 Å². The van der Waals surface area contributed by atoms with Crippen LogP contribution in [0.2, 0.25) is 0 Å². The number of hydrogen-bond acceptors (Lipinski definition) is 4. The molecule has 2 amide bonds. The molecule has 2 N–H and O–H groups in total. The molecule has 29 heavy (non-hydrogen) atoms. The van der Waals surface area contributed by atoms with E-state index in [1.54, 1.807) is 25.3 Å². The molecule has 1 aliphatic rings. The maximum atomic E-state index is 12.8. The molecule has 1 aliphatic carbocycles. The van der Waals surface area contributed by atoms with E-state index in [0.29, 0.717) is 23.6 Å². The Morgan fingerprint density at radius 1 is 0.931 bits per heavy atom. The molecular formula is C23H28N2O4. The molecular weight excluding hydrogens is 368 g/mol. The van der Waals surface area contributed by atoms with Gasteiger partial charge >= 0.3 is 0 Å². The van der Waals surface area contributed by atoms with E-state index in [4.69, 9.17) is 9.47 Å². The summed E-state index contributed by atoms with van der Waals surface area (Å²) in [7, 11) is 3.11. The Bertz CT molecular complexity index is 887. The number of hydrogen-bond donors (Lipinski definition) is 2. The summed E-state index contributed by atoms with van der Waals surface area (Å²) in [4.78, 5) is 25.4. The minimum absolute atomic E-state index is 0.0950. The standard InChI is InChI=1S/C23H28N2O4/c1-5-14-8-7-9-15(6-2)21(14)25-23(27)18-13-17(18)22(26)24-19-11-10-16(28-3)12-20(19)29-4/h7-12,17-18H,5-6,13H2,1-4H3,(H,24,26)(H,25,27). The molecule has 0 heterocycles. The van der Waals surface area contributed by atoms with Crippen molar-refractivity contribution < 1.29 is 19.1 Å². The molecule has 2 aromatic carbocycles. The van der Waals surface area contributed by atoms with Crippen molar-refractivity contribution in [3.05, 3.63) is 47.5 Å². The van der Waals surface area contributed by atoms with Crippen LogP contribution in [0.25, 0.3) is 0 Å². The molecule has 6 heteroatoms. The third-order valence-electron chi connectivity index (χ3n) is 5.38. The number of rotatable bonds is 8. The van der Waals surface area contributed by atoms with Crippen LogP contribution >= 0.6 is 0 Å². The molecule has 3 rings (SSSR count). The van der Waals surface area contributed by atoms with Crippen LogP contribution in [0, 0.1) is 11.8 Å². The van der Waals surface area contributed by atoms with E-state index in [-0.39, 0.29) is 23.7 Å². The summed E-state index contributed by atoms with van der Waals surface area (Å²) in [5, 5.41) is 5.94. The number of nitrogens with one attached hydrogen (secondary N) is 2. The number of ether oxygens (including phenoxy) is 2. The number of para-hydroxylation sites is 1. The first kappa shape index (κ1) is 20.7. The summed E-state index contributed by atoms with van der Waals surface area (Å²) in [5.74, 6) is 0.249. The van der Waals surface area contributed by atoms with Crippen molar-refractivity contribution in [2.45, 2.75) is 33.1 Å². The molecule has 0 bridgehead atoms. The van der Waals surface area contributed by atoms with Crippen molar-refractivity contribution in [2.24, 2.45) is 11.8 Å². The molecule has 0 saturated heterocycles. The van der Waals surface area contributed by atoms with Gasteiger partial charge in [-0.2, -0.15) is 0 Å². The largest absolute Gasteiger partial charge is 0.497 e. The van der Waals surface area contributed by atoms with E-state index in [0.717, 1.165) is 29.7 Å². The number of carbonyl (C=O) groups excluding carboxylic acids is 2. The summed E-state index contributed by atoms with van der Waals surface area (Å²) < 4.78 is 10.5. The Hall–Kier alpha value is -3.02. The van der Waals surface area contributed by atoms with E-state index in [2.05, 4.69) is 24.5 Å². The van der Waals surface area contributed by atoms with Crippen LogP contribution in [-0.2, 0) is 22.4 Å². The molecule has 0 radical (unpaired) electrons. The first-order valence-corrected chi connectivity index (χ1v) is 9.96.